The summed E-state index contributed by atoms with van der Waals surface area (Å²) in [5.41, 5.74) is 1.12. The van der Waals surface area contributed by atoms with Crippen molar-refractivity contribution < 1.29 is 63.7 Å². The van der Waals surface area contributed by atoms with Crippen LogP contribution in [0, 0.1) is 29.6 Å². The van der Waals surface area contributed by atoms with Crippen LogP contribution < -0.4 is 0 Å². The van der Waals surface area contributed by atoms with Gasteiger partial charge in [0, 0.05) is 54.7 Å². The molecule has 4 aliphatic rings. The Labute approximate surface area is 344 Å². The van der Waals surface area contributed by atoms with Crippen LogP contribution in [0.15, 0.2) is 35.9 Å². The molecule has 0 aromatic rings. The van der Waals surface area contributed by atoms with Crippen LogP contribution in [0.2, 0.25) is 0 Å². The molecular weight excluding hydrogens is 735 g/mol. The minimum absolute atomic E-state index is 0.00476. The van der Waals surface area contributed by atoms with E-state index in [2.05, 4.69) is 0 Å². The van der Waals surface area contributed by atoms with Crippen molar-refractivity contribution >= 4 is 23.4 Å². The summed E-state index contributed by atoms with van der Waals surface area (Å²) in [6, 6.07) is -1.29. The molecule has 14 atom stereocenters. The van der Waals surface area contributed by atoms with Crippen LogP contribution in [0.5, 0.6) is 0 Å². The molecule has 3 heterocycles. The van der Waals surface area contributed by atoms with E-state index in [1.807, 2.05) is 13.0 Å². The molecule has 1 saturated carbocycles. The highest BCUT2D eigenvalue weighted by Crippen LogP contribution is 2.39. The van der Waals surface area contributed by atoms with Gasteiger partial charge in [0.05, 0.1) is 33.3 Å². The molecule has 1 aliphatic carbocycles. The summed E-state index contributed by atoms with van der Waals surface area (Å²) < 4.78 is 63.1. The summed E-state index contributed by atoms with van der Waals surface area (Å²) in [4.78, 5) is 58.3. The molecule has 4 rings (SSSR count). The van der Waals surface area contributed by atoms with Crippen molar-refractivity contribution in [2.45, 2.75) is 160 Å². The highest BCUT2D eigenvalue weighted by Gasteiger charge is 2.56. The second-order valence-electron chi connectivity index (χ2n) is 16.9. The van der Waals surface area contributed by atoms with Crippen molar-refractivity contribution in [1.82, 2.24) is 4.90 Å². The lowest BCUT2D eigenvalue weighted by atomic mass is 9.81. The number of rotatable bonds is 7. The number of methoxy groups -OCH3 is 3. The maximum Gasteiger partial charge on any atom is 0.329 e. The average Bonchev–Trinajstić information content (AvgIpc) is 3.22. The second kappa shape index (κ2) is 21.0. The number of cyclic esters (lactones) is 1. The Kier molecular flexibility index (Phi) is 15.1. The number of allylic oxidation sites excluding steroid dienone is 4. The molecule has 0 radical (unpaired) electrons. The van der Waals surface area contributed by atoms with Gasteiger partial charge in [-0.3, -0.25) is 14.4 Å². The number of ketones is 2. The molecule has 13 nitrogen and oxygen atoms in total. The van der Waals surface area contributed by atoms with E-state index in [9.17, 15) is 34.5 Å². The molecule has 1 amide bonds. The van der Waals surface area contributed by atoms with Gasteiger partial charge in [-0.1, -0.05) is 44.6 Å². The molecular formula is C44H69NO12. The van der Waals surface area contributed by atoms with E-state index in [4.69, 9.17) is 29.2 Å². The van der Waals surface area contributed by atoms with E-state index in [0.29, 0.717) is 56.1 Å². The Morgan fingerprint density at radius 1 is 1.00 bits per heavy atom. The van der Waals surface area contributed by atoms with Gasteiger partial charge in [-0.2, -0.15) is 0 Å². The number of carbonyl (C=O) groups is 4. The molecule has 3 aliphatic heterocycles. The van der Waals surface area contributed by atoms with Gasteiger partial charge in [0.1, 0.15) is 24.0 Å². The monoisotopic (exact) mass is 809 g/mol. The maximum atomic E-state index is 14.4. The lowest BCUT2D eigenvalue weighted by Gasteiger charge is -2.47. The van der Waals surface area contributed by atoms with E-state index >= 15 is 0 Å². The van der Waals surface area contributed by atoms with Crippen molar-refractivity contribution in [3.05, 3.63) is 35.9 Å². The number of carbonyl (C=O) groups excluding carboxylic acids is 4. The summed E-state index contributed by atoms with van der Waals surface area (Å²) >= 11 is 0. The molecule has 0 aromatic heterocycles. The van der Waals surface area contributed by atoms with Crippen LogP contribution in [0.4, 0.5) is 0 Å². The zero-order chi connectivity index (χ0) is 45.6. The van der Waals surface area contributed by atoms with Gasteiger partial charge in [0.2, 0.25) is 5.79 Å². The van der Waals surface area contributed by atoms with Gasteiger partial charge in [-0.25, -0.2) is 4.79 Å². The quantitative estimate of drug-likeness (QED) is 0.141. The Bertz CT molecular complexity index is 1650. The number of hydrogen-bond donors (Lipinski definition) is 3. The van der Waals surface area contributed by atoms with Crippen molar-refractivity contribution in [2.24, 2.45) is 29.6 Å². The molecule has 0 aromatic carbocycles. The van der Waals surface area contributed by atoms with E-state index in [-0.39, 0.29) is 37.6 Å². The Hall–Kier alpha value is -2.78. The van der Waals surface area contributed by atoms with Crippen LogP contribution in [0.25, 0.3) is 0 Å². The fourth-order valence-corrected chi connectivity index (χ4v) is 9.14. The number of aliphatic hydroxyl groups is 3. The lowest BCUT2D eigenvalue weighted by molar-refractivity contribution is -0.302. The molecule has 57 heavy (non-hydrogen) atoms. The van der Waals surface area contributed by atoms with Gasteiger partial charge >= 0.3 is 5.97 Å². The molecule has 0 unspecified atom stereocenters. The SMILES string of the molecule is [2H][13C]([2H])=CC[C@@H]1/C=C(/C)C[C@H](C)C[C@H](OC)[C@H]2O[C@@](O)(C(=O)C(=O)N3CCCC[C@H]3C(=O)O[C@H](/C(C)=C/[C@@H]3CC[C@@H](O)[C@H](OC)C3)[C@H](C)[C@@H](O)C([2H])([2H])C1=O)[C@H](C)C[C@@H]2OC. The summed E-state index contributed by atoms with van der Waals surface area (Å²) in [5.74, 6) is -10.5. The van der Waals surface area contributed by atoms with Crippen LogP contribution in [-0.2, 0) is 42.9 Å². The first-order valence-electron chi connectivity index (χ1n) is 22.5. The van der Waals surface area contributed by atoms with E-state index in [0.717, 1.165) is 4.90 Å². The van der Waals surface area contributed by atoms with E-state index in [1.165, 1.54) is 34.3 Å². The average molecular weight is 809 g/mol. The van der Waals surface area contributed by atoms with Crippen LogP contribution in [0.3, 0.4) is 0 Å². The fraction of sp³-hybridized carbons (Fsp3) is 0.773. The number of amides is 1. The number of piperidine rings is 1. The predicted octanol–water partition coefficient (Wildman–Crippen LogP) is 4.64. The van der Waals surface area contributed by atoms with Crippen molar-refractivity contribution in [1.29, 1.82) is 0 Å². The molecule has 3 N–H and O–H groups in total. The van der Waals surface area contributed by atoms with Gasteiger partial charge < -0.3 is 43.9 Å². The molecule has 322 valence electrons. The molecule has 0 spiro atoms. The maximum absolute atomic E-state index is 14.4. The number of fused-ring (bicyclic) bond motifs is 3. The molecule has 2 saturated heterocycles. The first-order chi connectivity index (χ1) is 28.6. The van der Waals surface area contributed by atoms with Gasteiger partial charge in [0.25, 0.3) is 11.7 Å². The predicted molar refractivity (Wildman–Crippen MR) is 213 cm³/mol. The number of esters is 1. The van der Waals surface area contributed by atoms with E-state index in [1.54, 1.807) is 26.8 Å². The largest absolute Gasteiger partial charge is 0.456 e. The summed E-state index contributed by atoms with van der Waals surface area (Å²) in [6.07, 6.45) is -1.98. The Morgan fingerprint density at radius 3 is 2.35 bits per heavy atom. The first kappa shape index (κ1) is 41.0. The minimum Gasteiger partial charge on any atom is -0.456 e. The van der Waals surface area contributed by atoms with Crippen molar-refractivity contribution in [3.8, 4) is 0 Å². The number of aliphatic hydroxyl groups excluding tert-OH is 2. The highest BCUT2D eigenvalue weighted by atomic mass is 16.7. The third-order valence-corrected chi connectivity index (χ3v) is 12.5. The first-order valence-corrected chi connectivity index (χ1v) is 20.5. The van der Waals surface area contributed by atoms with Crippen molar-refractivity contribution in [2.75, 3.05) is 27.9 Å². The summed E-state index contributed by atoms with van der Waals surface area (Å²) in [5, 5.41) is 34.4. The van der Waals surface area contributed by atoms with Crippen LogP contribution >= 0.6 is 0 Å². The van der Waals surface area contributed by atoms with Gasteiger partial charge in [-0.05, 0) is 95.5 Å². The second-order valence-corrected chi connectivity index (χ2v) is 16.9. The molecule has 2 bridgehead atoms. The third-order valence-electron chi connectivity index (χ3n) is 12.5. The van der Waals surface area contributed by atoms with Crippen LogP contribution in [0.1, 0.15) is 111 Å². The zero-order valence-electron chi connectivity index (χ0n) is 39.0. The third kappa shape index (κ3) is 11.3. The topological polar surface area (TPSA) is 178 Å². The molecule has 3 fully saturated rings. The number of nitrogens with zero attached hydrogens (tertiary/aromatic N) is 1. The van der Waals surface area contributed by atoms with Gasteiger partial charge in [-0.15, -0.1) is 6.53 Å². The van der Waals surface area contributed by atoms with Crippen LogP contribution in [-0.4, -0.2) is 126 Å². The number of Topliss-reactive ketones (excluding diaryl/α,β-unsaturated/α-hetero) is 2. The Balaban J connectivity index is 1.86. The normalized spacial score (nSPS) is 42.8. The lowest BCUT2D eigenvalue weighted by Crippen LogP contribution is -2.64. The number of ether oxygens (including phenoxy) is 5. The summed E-state index contributed by atoms with van der Waals surface area (Å²) in [6.45, 7) is 7.84. The van der Waals surface area contributed by atoms with Gasteiger partial charge in [0.15, 0.2) is 0 Å². The minimum atomic E-state index is -2.92. The highest BCUT2D eigenvalue weighted by molar-refractivity contribution is 6.39. The smallest absolute Gasteiger partial charge is 0.329 e. The van der Waals surface area contributed by atoms with E-state index < -0.39 is 109 Å². The summed E-state index contributed by atoms with van der Waals surface area (Å²) in [7, 11) is 4.44. The fourth-order valence-electron chi connectivity index (χ4n) is 9.14. The van der Waals surface area contributed by atoms with Crippen molar-refractivity contribution in [3.63, 3.8) is 0 Å². The Morgan fingerprint density at radius 2 is 1.68 bits per heavy atom. The zero-order valence-corrected chi connectivity index (χ0v) is 35.0. The molecule has 13 heteroatoms. The standard InChI is InChI=1S/C44H69NO12/c1-10-13-31-19-25(2)18-26(3)20-37(54-8)40-38(55-9)22-28(5)44(52,57-40)41(49)42(50)45-17-12-11-14-32(45)43(51)56-39(29(6)34(47)24-35(31)48)27(4)21-30-15-16-33(46)36(23-30)53-7/h10,19,21,26,28-34,36-40,46-47,52H,1,11-18,20,22-24H2,2-9H3/b25-19-,27-21+/t26-,28+,29+,30-,31+,32-,33+,34-,36+,37-,38-,39+,40+,44+/m0/s1/i1+1D2,24D2. The number of hydrogen-bond acceptors (Lipinski definition) is 12.